The first kappa shape index (κ1) is 54.9. The van der Waals surface area contributed by atoms with Gasteiger partial charge in [0, 0.05) is 6.42 Å². The smallest absolute Gasteiger partial charge is 0.220 e. The maximum atomic E-state index is 13.1. The highest BCUT2D eigenvalue weighted by Gasteiger charge is 2.51. The van der Waals surface area contributed by atoms with Crippen molar-refractivity contribution in [1.29, 1.82) is 0 Å². The number of aliphatic hydroxyl groups excluding tert-OH is 8. The van der Waals surface area contributed by atoms with E-state index in [0.717, 1.165) is 38.5 Å². The normalized spacial score (nSPS) is 28.3. The molecule has 0 unspecified atom stereocenters. The summed E-state index contributed by atoms with van der Waals surface area (Å²) in [7, 11) is 0. The Morgan fingerprint density at radius 2 is 1.03 bits per heavy atom. The molecule has 2 aliphatic heterocycles. The van der Waals surface area contributed by atoms with E-state index in [2.05, 4.69) is 19.2 Å². The lowest BCUT2D eigenvalue weighted by Crippen LogP contribution is -2.65. The van der Waals surface area contributed by atoms with Gasteiger partial charge in [0.1, 0.15) is 48.8 Å². The van der Waals surface area contributed by atoms with Crippen LogP contribution in [0.3, 0.4) is 0 Å². The Kier molecular flexibility index (Phi) is 31.3. The van der Waals surface area contributed by atoms with Gasteiger partial charge in [-0.05, 0) is 19.3 Å². The highest BCUT2D eigenvalue weighted by atomic mass is 16.7. The van der Waals surface area contributed by atoms with E-state index in [-0.39, 0.29) is 18.9 Å². The van der Waals surface area contributed by atoms with Crippen LogP contribution in [0.2, 0.25) is 0 Å². The zero-order valence-electron chi connectivity index (χ0n) is 37.2. The van der Waals surface area contributed by atoms with Gasteiger partial charge in [0.15, 0.2) is 12.6 Å². The van der Waals surface area contributed by atoms with Gasteiger partial charge in [-0.15, -0.1) is 0 Å². The van der Waals surface area contributed by atoms with Gasteiger partial charge in [0.05, 0.1) is 32.0 Å². The molecule has 2 heterocycles. The SMILES string of the molecule is CCCCCCCCCCCCCC=C[C@@H](O)[C@H](CO[C@@H]1O[C@H](CO)[C@@H](O[C@@H]2O[C@H](CO)[C@H](O)[C@H](O)[C@H]2O)[C@H](O)[C@H]1O)NC(=O)CCCCCCCCCCCCCCC. The summed E-state index contributed by atoms with van der Waals surface area (Å²) in [6.45, 7) is 2.77. The quantitative estimate of drug-likeness (QED) is 0.0292. The van der Waals surface area contributed by atoms with Gasteiger partial charge < -0.3 is 65.1 Å². The predicted octanol–water partition coefficient (Wildman–Crippen LogP) is 5.21. The average Bonchev–Trinajstić information content (AvgIpc) is 3.24. The van der Waals surface area contributed by atoms with Crippen molar-refractivity contribution in [1.82, 2.24) is 5.32 Å². The molecule has 9 N–H and O–H groups in total. The van der Waals surface area contributed by atoms with Crippen LogP contribution in [0.1, 0.15) is 181 Å². The zero-order valence-corrected chi connectivity index (χ0v) is 37.2. The van der Waals surface area contributed by atoms with Crippen molar-refractivity contribution in [2.24, 2.45) is 0 Å². The summed E-state index contributed by atoms with van der Waals surface area (Å²) in [6.07, 6.45) is 16.8. The molecule has 0 aromatic carbocycles. The minimum Gasteiger partial charge on any atom is -0.394 e. The van der Waals surface area contributed by atoms with Gasteiger partial charge in [-0.25, -0.2) is 0 Å². The molecule has 1 amide bonds. The minimum atomic E-state index is -1.78. The number of nitrogens with one attached hydrogen (secondary N) is 1. The second-order valence-corrected chi connectivity index (χ2v) is 17.2. The standard InChI is InChI=1S/C46H87NO13/c1-3-5-7-9-11-13-15-17-19-21-23-25-27-29-35(50)34(47-38(51)30-28-26-24-22-20-18-16-14-12-10-8-6-4-2)33-57-45-43(56)41(54)44(37(32-49)59-45)60-46-42(55)40(53)39(52)36(31-48)58-46/h27,29,34-37,39-46,48-50,52-56H,3-26,28,30-33H2,1-2H3,(H,47,51)/t34-,35+,36+,37+,39-,40-,41+,42+,43+,44+,45+,46-/m0/s1. The Hall–Kier alpha value is -1.27. The number of amides is 1. The van der Waals surface area contributed by atoms with Crippen LogP contribution in [0, 0.1) is 0 Å². The van der Waals surface area contributed by atoms with Gasteiger partial charge in [0.2, 0.25) is 5.91 Å². The van der Waals surface area contributed by atoms with Crippen LogP contribution in [0.4, 0.5) is 0 Å². The summed E-state index contributed by atoms with van der Waals surface area (Å²) in [5, 5.41) is 86.5. The van der Waals surface area contributed by atoms with Crippen LogP contribution < -0.4 is 5.32 Å². The van der Waals surface area contributed by atoms with Crippen molar-refractivity contribution in [2.75, 3.05) is 19.8 Å². The molecule has 60 heavy (non-hydrogen) atoms. The molecule has 2 saturated heterocycles. The maximum Gasteiger partial charge on any atom is 0.220 e. The van der Waals surface area contributed by atoms with Crippen molar-refractivity contribution in [2.45, 2.75) is 254 Å². The molecule has 2 aliphatic rings. The fourth-order valence-electron chi connectivity index (χ4n) is 8.00. The Labute approximate surface area is 361 Å². The molecule has 12 atom stereocenters. The molecular formula is C46H87NO13. The number of hydrogen-bond donors (Lipinski definition) is 9. The first-order valence-corrected chi connectivity index (χ1v) is 23.9. The summed E-state index contributed by atoms with van der Waals surface area (Å²) < 4.78 is 22.6. The Bertz CT molecular complexity index is 1070. The second kappa shape index (κ2) is 34.2. The Morgan fingerprint density at radius 3 is 1.53 bits per heavy atom. The van der Waals surface area contributed by atoms with Gasteiger partial charge >= 0.3 is 0 Å². The lowest BCUT2D eigenvalue weighted by atomic mass is 9.97. The average molecular weight is 862 g/mol. The maximum absolute atomic E-state index is 13.1. The van der Waals surface area contributed by atoms with Crippen LogP contribution >= 0.6 is 0 Å². The third-order valence-electron chi connectivity index (χ3n) is 12.0. The number of allylic oxidation sites excluding steroid dienone is 1. The van der Waals surface area contributed by atoms with Crippen molar-refractivity contribution in [3.05, 3.63) is 12.2 Å². The molecule has 0 saturated carbocycles. The number of aliphatic hydroxyl groups is 8. The number of carbonyl (C=O) groups excluding carboxylic acids is 1. The van der Waals surface area contributed by atoms with Crippen LogP contribution in [0.25, 0.3) is 0 Å². The molecule has 2 rings (SSSR count). The zero-order chi connectivity index (χ0) is 44.0. The lowest BCUT2D eigenvalue weighted by Gasteiger charge is -2.46. The van der Waals surface area contributed by atoms with Crippen LogP contribution in [0.15, 0.2) is 12.2 Å². The topological polar surface area (TPSA) is 228 Å². The van der Waals surface area contributed by atoms with Crippen LogP contribution in [0.5, 0.6) is 0 Å². The first-order chi connectivity index (χ1) is 29.1. The highest BCUT2D eigenvalue weighted by Crippen LogP contribution is 2.30. The van der Waals surface area contributed by atoms with Crippen LogP contribution in [-0.4, -0.2) is 140 Å². The summed E-state index contributed by atoms with van der Waals surface area (Å²) in [5.41, 5.74) is 0. The van der Waals surface area contributed by atoms with Crippen molar-refractivity contribution in [3.8, 4) is 0 Å². The van der Waals surface area contributed by atoms with Gasteiger partial charge in [-0.3, -0.25) is 4.79 Å². The lowest BCUT2D eigenvalue weighted by molar-refractivity contribution is -0.359. The summed E-state index contributed by atoms with van der Waals surface area (Å²) in [6, 6.07) is -0.906. The minimum absolute atomic E-state index is 0.240. The van der Waals surface area contributed by atoms with E-state index in [0.29, 0.717) is 6.42 Å². The molecule has 2 fully saturated rings. The van der Waals surface area contributed by atoms with Gasteiger partial charge in [0.25, 0.3) is 0 Å². The van der Waals surface area contributed by atoms with E-state index >= 15 is 0 Å². The predicted molar refractivity (Wildman–Crippen MR) is 231 cm³/mol. The summed E-state index contributed by atoms with van der Waals surface area (Å²) in [4.78, 5) is 13.1. The molecule has 0 spiro atoms. The van der Waals surface area contributed by atoms with Crippen molar-refractivity contribution < 1.29 is 64.6 Å². The molecule has 0 aromatic rings. The molecule has 14 heteroatoms. The summed E-state index contributed by atoms with van der Waals surface area (Å²) >= 11 is 0. The monoisotopic (exact) mass is 862 g/mol. The first-order valence-electron chi connectivity index (χ1n) is 23.9. The Morgan fingerprint density at radius 1 is 0.583 bits per heavy atom. The molecule has 354 valence electrons. The van der Waals surface area contributed by atoms with E-state index in [1.807, 2.05) is 6.08 Å². The molecule has 14 nitrogen and oxygen atoms in total. The number of rotatable bonds is 36. The fourth-order valence-corrected chi connectivity index (χ4v) is 8.00. The summed E-state index contributed by atoms with van der Waals surface area (Å²) in [5.74, 6) is -0.240. The van der Waals surface area contributed by atoms with E-state index in [4.69, 9.17) is 18.9 Å². The molecule has 0 bridgehead atoms. The Balaban J connectivity index is 1.89. The second-order valence-electron chi connectivity index (χ2n) is 17.2. The number of carbonyl (C=O) groups is 1. The van der Waals surface area contributed by atoms with Crippen LogP contribution in [-0.2, 0) is 23.7 Å². The van der Waals surface area contributed by atoms with Gasteiger partial charge in [-0.1, -0.05) is 167 Å². The third kappa shape index (κ3) is 21.9. The number of unbranched alkanes of at least 4 members (excludes halogenated alkanes) is 23. The number of hydrogen-bond acceptors (Lipinski definition) is 13. The largest absolute Gasteiger partial charge is 0.394 e. The molecular weight excluding hydrogens is 774 g/mol. The number of ether oxygens (including phenoxy) is 4. The van der Waals surface area contributed by atoms with E-state index in [9.17, 15) is 45.6 Å². The van der Waals surface area contributed by atoms with E-state index in [1.54, 1.807) is 6.08 Å². The molecule has 0 radical (unpaired) electrons. The fraction of sp³-hybridized carbons (Fsp3) is 0.935. The third-order valence-corrected chi connectivity index (χ3v) is 12.0. The molecule has 0 aliphatic carbocycles. The van der Waals surface area contributed by atoms with E-state index in [1.165, 1.54) is 116 Å². The molecule has 0 aromatic heterocycles. The van der Waals surface area contributed by atoms with Gasteiger partial charge in [-0.2, -0.15) is 0 Å². The van der Waals surface area contributed by atoms with E-state index < -0.39 is 86.8 Å². The van der Waals surface area contributed by atoms with Crippen molar-refractivity contribution in [3.63, 3.8) is 0 Å². The highest BCUT2D eigenvalue weighted by molar-refractivity contribution is 5.76. The van der Waals surface area contributed by atoms with Crippen molar-refractivity contribution >= 4 is 5.91 Å².